The standard InChI is InChI=1S/C19H17ClN4O2/c1-2-26-17-9-4-3-8-16(17)24-18(25)13-11-21-19(22-12-13)23-15-7-5-6-14(20)10-15/h3-12H,2H2,1H3,(H,24,25)(H,21,22,23). The van der Waals surface area contributed by atoms with Gasteiger partial charge in [-0.15, -0.1) is 0 Å². The van der Waals surface area contributed by atoms with Crippen molar-refractivity contribution < 1.29 is 9.53 Å². The van der Waals surface area contributed by atoms with Crippen molar-refractivity contribution in [2.45, 2.75) is 6.92 Å². The normalized spacial score (nSPS) is 10.2. The number of anilines is 3. The van der Waals surface area contributed by atoms with Crippen molar-refractivity contribution in [2.24, 2.45) is 0 Å². The highest BCUT2D eigenvalue weighted by molar-refractivity contribution is 6.30. The second-order valence-corrected chi connectivity index (χ2v) is 5.75. The molecule has 0 unspecified atom stereocenters. The van der Waals surface area contributed by atoms with Gasteiger partial charge in [-0.1, -0.05) is 29.8 Å². The predicted molar refractivity (Wildman–Crippen MR) is 102 cm³/mol. The van der Waals surface area contributed by atoms with Gasteiger partial charge >= 0.3 is 0 Å². The van der Waals surface area contributed by atoms with Crippen LogP contribution in [0.3, 0.4) is 0 Å². The number of benzene rings is 2. The lowest BCUT2D eigenvalue weighted by molar-refractivity contribution is 0.102. The maximum absolute atomic E-state index is 12.4. The van der Waals surface area contributed by atoms with Crippen molar-refractivity contribution in [3.05, 3.63) is 71.5 Å². The Hall–Kier alpha value is -3.12. The monoisotopic (exact) mass is 368 g/mol. The zero-order valence-corrected chi connectivity index (χ0v) is 14.8. The third-order valence-electron chi connectivity index (χ3n) is 3.43. The number of nitrogens with zero attached hydrogens (tertiary/aromatic N) is 2. The molecule has 3 rings (SSSR count). The number of aromatic nitrogens is 2. The second kappa shape index (κ2) is 8.31. The van der Waals surface area contributed by atoms with Gasteiger partial charge in [-0.3, -0.25) is 4.79 Å². The fourth-order valence-electron chi connectivity index (χ4n) is 2.25. The molecule has 0 radical (unpaired) electrons. The van der Waals surface area contributed by atoms with E-state index in [4.69, 9.17) is 16.3 Å². The van der Waals surface area contributed by atoms with Crippen LogP contribution in [0.4, 0.5) is 17.3 Å². The summed E-state index contributed by atoms with van der Waals surface area (Å²) in [7, 11) is 0. The van der Waals surface area contributed by atoms with E-state index in [1.54, 1.807) is 24.3 Å². The number of amides is 1. The molecule has 0 aliphatic rings. The molecular formula is C19H17ClN4O2. The average molecular weight is 369 g/mol. The number of hydrogen-bond donors (Lipinski definition) is 2. The van der Waals surface area contributed by atoms with E-state index in [0.717, 1.165) is 5.69 Å². The summed E-state index contributed by atoms with van der Waals surface area (Å²) in [6, 6.07) is 14.5. The van der Waals surface area contributed by atoms with Crippen LogP contribution in [0.5, 0.6) is 5.75 Å². The number of carbonyl (C=O) groups excluding carboxylic acids is 1. The molecule has 6 nitrogen and oxygen atoms in total. The molecule has 0 aliphatic carbocycles. The number of carbonyl (C=O) groups is 1. The molecule has 132 valence electrons. The van der Waals surface area contributed by atoms with Gasteiger partial charge in [-0.2, -0.15) is 0 Å². The summed E-state index contributed by atoms with van der Waals surface area (Å²) in [6.07, 6.45) is 2.91. The molecule has 26 heavy (non-hydrogen) atoms. The van der Waals surface area contributed by atoms with Crippen LogP contribution in [-0.2, 0) is 0 Å². The summed E-state index contributed by atoms with van der Waals surface area (Å²) in [4.78, 5) is 20.7. The van der Waals surface area contributed by atoms with Gasteiger partial charge in [0.25, 0.3) is 5.91 Å². The largest absolute Gasteiger partial charge is 0.492 e. The lowest BCUT2D eigenvalue weighted by atomic mass is 10.2. The second-order valence-electron chi connectivity index (χ2n) is 5.31. The molecule has 0 saturated carbocycles. The van der Waals surface area contributed by atoms with E-state index in [1.165, 1.54) is 12.4 Å². The Kier molecular flexibility index (Phi) is 5.66. The van der Waals surface area contributed by atoms with Gasteiger partial charge in [0.05, 0.1) is 17.9 Å². The molecule has 2 N–H and O–H groups in total. The number of nitrogens with one attached hydrogen (secondary N) is 2. The van der Waals surface area contributed by atoms with E-state index in [-0.39, 0.29) is 5.91 Å². The van der Waals surface area contributed by atoms with Gasteiger partial charge in [0, 0.05) is 23.1 Å². The van der Waals surface area contributed by atoms with Gasteiger partial charge < -0.3 is 15.4 Å². The molecule has 3 aromatic rings. The van der Waals surface area contributed by atoms with Crippen LogP contribution < -0.4 is 15.4 Å². The van der Waals surface area contributed by atoms with Crippen LogP contribution in [-0.4, -0.2) is 22.5 Å². The van der Waals surface area contributed by atoms with Crippen LogP contribution in [0.25, 0.3) is 0 Å². The van der Waals surface area contributed by atoms with Crippen LogP contribution in [0, 0.1) is 0 Å². The summed E-state index contributed by atoms with van der Waals surface area (Å²) in [5.74, 6) is 0.675. The fourth-order valence-corrected chi connectivity index (χ4v) is 2.44. The maximum atomic E-state index is 12.4. The summed E-state index contributed by atoms with van der Waals surface area (Å²) >= 11 is 5.95. The molecule has 7 heteroatoms. The molecule has 0 saturated heterocycles. The highest BCUT2D eigenvalue weighted by Gasteiger charge is 2.11. The number of rotatable bonds is 6. The fraction of sp³-hybridized carbons (Fsp3) is 0.105. The zero-order chi connectivity index (χ0) is 18.4. The molecule has 0 bridgehead atoms. The zero-order valence-electron chi connectivity index (χ0n) is 14.1. The molecule has 1 aromatic heterocycles. The third kappa shape index (κ3) is 4.49. The molecule has 1 heterocycles. The smallest absolute Gasteiger partial charge is 0.258 e. The van der Waals surface area contributed by atoms with Crippen LogP contribution in [0.2, 0.25) is 5.02 Å². The highest BCUT2D eigenvalue weighted by atomic mass is 35.5. The predicted octanol–water partition coefficient (Wildman–Crippen LogP) is 4.52. The van der Waals surface area contributed by atoms with Gasteiger partial charge in [-0.05, 0) is 37.3 Å². The van der Waals surface area contributed by atoms with E-state index < -0.39 is 0 Å². The number of ether oxygens (including phenoxy) is 1. The van der Waals surface area contributed by atoms with E-state index in [1.807, 2.05) is 31.2 Å². The lowest BCUT2D eigenvalue weighted by Crippen LogP contribution is -2.14. The highest BCUT2D eigenvalue weighted by Crippen LogP contribution is 2.24. The van der Waals surface area contributed by atoms with E-state index in [0.29, 0.717) is 34.6 Å². The summed E-state index contributed by atoms with van der Waals surface area (Å²) < 4.78 is 5.50. The number of para-hydroxylation sites is 2. The lowest BCUT2D eigenvalue weighted by Gasteiger charge is -2.11. The maximum Gasteiger partial charge on any atom is 0.258 e. The molecule has 2 aromatic carbocycles. The van der Waals surface area contributed by atoms with Crippen molar-refractivity contribution in [3.8, 4) is 5.75 Å². The van der Waals surface area contributed by atoms with E-state index in [2.05, 4.69) is 20.6 Å². The van der Waals surface area contributed by atoms with Crippen molar-refractivity contribution >= 4 is 34.8 Å². The van der Waals surface area contributed by atoms with Crippen molar-refractivity contribution in [2.75, 3.05) is 17.2 Å². The third-order valence-corrected chi connectivity index (χ3v) is 3.66. The van der Waals surface area contributed by atoms with Crippen molar-refractivity contribution in [1.82, 2.24) is 9.97 Å². The van der Waals surface area contributed by atoms with E-state index >= 15 is 0 Å². The first-order chi connectivity index (χ1) is 12.7. The first-order valence-electron chi connectivity index (χ1n) is 8.03. The minimum atomic E-state index is -0.313. The Balaban J connectivity index is 1.69. The topological polar surface area (TPSA) is 76.1 Å². The van der Waals surface area contributed by atoms with Crippen LogP contribution in [0.15, 0.2) is 60.9 Å². The summed E-state index contributed by atoms with van der Waals surface area (Å²) in [5.41, 5.74) is 1.70. The first kappa shape index (κ1) is 17.7. The summed E-state index contributed by atoms with van der Waals surface area (Å²) in [5, 5.41) is 6.44. The van der Waals surface area contributed by atoms with Gasteiger partial charge in [0.1, 0.15) is 5.75 Å². The molecule has 0 atom stereocenters. The van der Waals surface area contributed by atoms with Gasteiger partial charge in [0.15, 0.2) is 0 Å². The quantitative estimate of drug-likeness (QED) is 0.668. The minimum absolute atomic E-state index is 0.313. The Bertz CT molecular complexity index is 900. The minimum Gasteiger partial charge on any atom is -0.492 e. The van der Waals surface area contributed by atoms with Crippen LogP contribution in [0.1, 0.15) is 17.3 Å². The van der Waals surface area contributed by atoms with Crippen LogP contribution >= 0.6 is 11.6 Å². The number of hydrogen-bond acceptors (Lipinski definition) is 5. The van der Waals surface area contributed by atoms with Crippen molar-refractivity contribution in [3.63, 3.8) is 0 Å². The van der Waals surface area contributed by atoms with E-state index in [9.17, 15) is 4.79 Å². The first-order valence-corrected chi connectivity index (χ1v) is 8.41. The molecular weight excluding hydrogens is 352 g/mol. The average Bonchev–Trinajstić information content (AvgIpc) is 2.64. The molecule has 1 amide bonds. The number of halogens is 1. The van der Waals surface area contributed by atoms with Crippen molar-refractivity contribution in [1.29, 1.82) is 0 Å². The Morgan fingerprint density at radius 3 is 2.62 bits per heavy atom. The molecule has 0 aliphatic heterocycles. The Labute approximate surface area is 156 Å². The van der Waals surface area contributed by atoms with Gasteiger partial charge in [-0.25, -0.2) is 9.97 Å². The SMILES string of the molecule is CCOc1ccccc1NC(=O)c1cnc(Nc2cccc(Cl)c2)nc1. The Morgan fingerprint density at radius 1 is 1.12 bits per heavy atom. The molecule has 0 fully saturated rings. The van der Waals surface area contributed by atoms with Gasteiger partial charge in [0.2, 0.25) is 5.95 Å². The molecule has 0 spiro atoms. The Morgan fingerprint density at radius 2 is 1.88 bits per heavy atom. The summed E-state index contributed by atoms with van der Waals surface area (Å²) in [6.45, 7) is 2.40.